The van der Waals surface area contributed by atoms with E-state index in [-0.39, 0.29) is 65.1 Å². The van der Waals surface area contributed by atoms with Gasteiger partial charge in [0.05, 0.1) is 42.5 Å². The summed E-state index contributed by atoms with van der Waals surface area (Å²) < 4.78 is 66.2. The Bertz CT molecular complexity index is 1880. The molecule has 15 nitrogen and oxygen atoms in total. The van der Waals surface area contributed by atoms with E-state index in [1.165, 1.54) is 55.4 Å². The molecular weight excluding hydrogens is 658 g/mol. The molecule has 3 aromatic heterocycles. The van der Waals surface area contributed by atoms with Crippen LogP contribution in [0.1, 0.15) is 40.7 Å². The second-order valence-electron chi connectivity index (χ2n) is 9.97. The molecule has 0 spiro atoms. The molecule has 19 heteroatoms. The van der Waals surface area contributed by atoms with Gasteiger partial charge in [0.25, 0.3) is 5.91 Å². The van der Waals surface area contributed by atoms with Crippen LogP contribution in [0.25, 0.3) is 11.3 Å². The number of aryl methyl sites for hydroxylation is 1. The van der Waals surface area contributed by atoms with Crippen LogP contribution in [0.2, 0.25) is 0 Å². The summed E-state index contributed by atoms with van der Waals surface area (Å²) in [5.41, 5.74) is -0.604. The smallest absolute Gasteiger partial charge is 0.421 e. The fourth-order valence-corrected chi connectivity index (χ4v) is 5.60. The molecule has 5 N–H and O–H groups in total. The maximum Gasteiger partial charge on any atom is 0.421 e. The van der Waals surface area contributed by atoms with E-state index in [9.17, 15) is 32.7 Å². The highest BCUT2D eigenvalue weighted by molar-refractivity contribution is 7.51. The molecule has 0 radical (unpaired) electrons. The molecule has 3 heterocycles. The number of nitrogens with one attached hydrogen (secondary N) is 3. The lowest BCUT2D eigenvalue weighted by Gasteiger charge is -2.17. The van der Waals surface area contributed by atoms with Crippen LogP contribution in [-0.4, -0.2) is 68.0 Å². The second kappa shape index (κ2) is 15.2. The fraction of sp³-hybridized carbons (Fsp3) is 0.310. The molecule has 0 aliphatic carbocycles. The van der Waals surface area contributed by atoms with Crippen LogP contribution < -0.4 is 20.7 Å². The molecule has 0 aliphatic rings. The number of nitriles is 1. The second-order valence-corrected chi connectivity index (χ2v) is 11.8. The molecule has 4 rings (SSSR count). The number of hydrogen-bond acceptors (Lipinski definition) is 12. The third-order valence-electron chi connectivity index (χ3n) is 6.60. The van der Waals surface area contributed by atoms with Crippen molar-refractivity contribution in [2.45, 2.75) is 32.2 Å². The Morgan fingerprint density at radius 3 is 2.56 bits per heavy atom. The number of anilines is 4. The monoisotopic (exact) mass is 689 g/mol. The third-order valence-corrected chi connectivity index (χ3v) is 8.03. The predicted octanol–water partition coefficient (Wildman–Crippen LogP) is 4.59. The quantitative estimate of drug-likeness (QED) is 0.115. The number of hydrogen-bond donors (Lipinski definition) is 5. The van der Waals surface area contributed by atoms with Gasteiger partial charge in [0.2, 0.25) is 5.95 Å². The first-order valence-electron chi connectivity index (χ1n) is 14.3. The molecule has 1 unspecified atom stereocenters. The Balaban J connectivity index is 1.71. The predicted molar refractivity (Wildman–Crippen MR) is 167 cm³/mol. The molecule has 0 fully saturated rings. The standard InChI is InChI=1S/C29H31F3N9O6P/c1-4-47-48(44,45)16-17-6-7-21(24(12-17)46-3)38-28-35-14-19(29(30,31)32)26(39-28)37-22-9-8-20(36-25(22)27(43)34-2)18-15-41(10-5-11-42)40-23(18)13-33/h6-9,12,14-15,42H,4-5,10-11,16H2,1-3H3,(H,34,43)(H,44,45)(H2,35,37,38,39). The Morgan fingerprint density at radius 2 is 1.92 bits per heavy atom. The number of halogens is 3. The normalized spacial score (nSPS) is 12.6. The summed E-state index contributed by atoms with van der Waals surface area (Å²) in [7, 11) is -1.25. The number of pyridine rings is 1. The minimum absolute atomic E-state index is 0.00185. The average molecular weight is 690 g/mol. The first-order valence-corrected chi connectivity index (χ1v) is 16.0. The van der Waals surface area contributed by atoms with Crippen LogP contribution in [0.4, 0.5) is 36.3 Å². The number of aliphatic hydroxyl groups excluding tert-OH is 1. The van der Waals surface area contributed by atoms with Crippen molar-refractivity contribution in [1.29, 1.82) is 5.26 Å². The molecule has 4 aromatic rings. The zero-order chi connectivity index (χ0) is 35.1. The lowest BCUT2D eigenvalue weighted by molar-refractivity contribution is -0.137. The number of aliphatic hydroxyl groups is 1. The molecule has 0 saturated heterocycles. The van der Waals surface area contributed by atoms with Gasteiger partial charge in [0.15, 0.2) is 11.4 Å². The molecule has 1 amide bonds. The molecule has 0 saturated carbocycles. The Hall–Kier alpha value is -5.08. The number of carbonyl (C=O) groups excluding carboxylic acids is 1. The number of nitrogens with zero attached hydrogens (tertiary/aromatic N) is 6. The molecule has 1 aromatic carbocycles. The molecule has 0 aliphatic heterocycles. The molecule has 48 heavy (non-hydrogen) atoms. The summed E-state index contributed by atoms with van der Waals surface area (Å²) in [5, 5.41) is 30.6. The summed E-state index contributed by atoms with van der Waals surface area (Å²) in [6.45, 7) is 1.84. The largest absolute Gasteiger partial charge is 0.495 e. The summed E-state index contributed by atoms with van der Waals surface area (Å²) in [6, 6.07) is 9.11. The van der Waals surface area contributed by atoms with Crippen molar-refractivity contribution in [2.75, 3.05) is 38.0 Å². The summed E-state index contributed by atoms with van der Waals surface area (Å²) in [6.07, 6.45) is -2.74. The van der Waals surface area contributed by atoms with Gasteiger partial charge in [-0.1, -0.05) is 6.07 Å². The van der Waals surface area contributed by atoms with E-state index in [2.05, 4.69) is 36.0 Å². The van der Waals surface area contributed by atoms with Crippen LogP contribution in [0.15, 0.2) is 42.7 Å². The van der Waals surface area contributed by atoms with Crippen LogP contribution in [0, 0.1) is 11.3 Å². The van der Waals surface area contributed by atoms with Gasteiger partial charge >= 0.3 is 13.8 Å². The van der Waals surface area contributed by atoms with Gasteiger partial charge in [-0.3, -0.25) is 14.0 Å². The van der Waals surface area contributed by atoms with E-state index in [1.807, 2.05) is 6.07 Å². The summed E-state index contributed by atoms with van der Waals surface area (Å²) in [4.78, 5) is 35.0. The minimum Gasteiger partial charge on any atom is -0.495 e. The van der Waals surface area contributed by atoms with Gasteiger partial charge in [-0.25, -0.2) is 9.97 Å². The van der Waals surface area contributed by atoms with Crippen molar-refractivity contribution >= 4 is 36.6 Å². The number of amides is 1. The molecule has 0 bridgehead atoms. The van der Waals surface area contributed by atoms with Crippen LogP contribution in [0.5, 0.6) is 5.75 Å². The van der Waals surface area contributed by atoms with Gasteiger partial charge in [-0.05, 0) is 43.2 Å². The number of aromatic nitrogens is 5. The Morgan fingerprint density at radius 1 is 1.17 bits per heavy atom. The van der Waals surface area contributed by atoms with E-state index in [1.54, 1.807) is 6.92 Å². The zero-order valence-electron chi connectivity index (χ0n) is 25.9. The van der Waals surface area contributed by atoms with Crippen molar-refractivity contribution < 1.29 is 41.8 Å². The summed E-state index contributed by atoms with van der Waals surface area (Å²) in [5.74, 6) is -1.55. The number of rotatable bonds is 14. The van der Waals surface area contributed by atoms with Gasteiger partial charge < -0.3 is 35.2 Å². The highest BCUT2D eigenvalue weighted by atomic mass is 31.2. The highest BCUT2D eigenvalue weighted by Crippen LogP contribution is 2.46. The number of methoxy groups -OCH3 is 1. The number of ether oxygens (including phenoxy) is 1. The third kappa shape index (κ3) is 8.63. The maximum absolute atomic E-state index is 14.1. The fourth-order valence-electron chi connectivity index (χ4n) is 4.45. The van der Waals surface area contributed by atoms with Crippen LogP contribution >= 0.6 is 7.60 Å². The Labute approximate surface area is 272 Å². The number of carbonyl (C=O) groups is 1. The van der Waals surface area contributed by atoms with E-state index in [0.717, 1.165) is 0 Å². The SMILES string of the molecule is CCOP(=O)(O)Cc1ccc(Nc2ncc(C(F)(F)F)c(Nc3ccc(-c4cn(CCCO)nc4C#N)nc3C(=O)NC)n2)c(OC)c1. The lowest BCUT2D eigenvalue weighted by Crippen LogP contribution is -2.21. The molecule has 254 valence electrons. The maximum atomic E-state index is 14.1. The topological polar surface area (TPSA) is 209 Å². The van der Waals surface area contributed by atoms with Gasteiger partial charge in [0.1, 0.15) is 23.2 Å². The zero-order valence-corrected chi connectivity index (χ0v) is 26.8. The van der Waals surface area contributed by atoms with Crippen LogP contribution in [-0.2, 0) is 28.0 Å². The number of benzene rings is 1. The molecule has 1 atom stereocenters. The van der Waals surface area contributed by atoms with E-state index in [4.69, 9.17) is 14.4 Å². The van der Waals surface area contributed by atoms with Gasteiger partial charge in [-0.15, -0.1) is 0 Å². The first-order chi connectivity index (χ1) is 22.8. The van der Waals surface area contributed by atoms with Gasteiger partial charge in [0, 0.05) is 32.6 Å². The lowest BCUT2D eigenvalue weighted by atomic mass is 10.1. The van der Waals surface area contributed by atoms with E-state index in [0.29, 0.717) is 24.7 Å². The Kier molecular flexibility index (Phi) is 11.3. The number of alkyl halides is 3. The van der Waals surface area contributed by atoms with E-state index >= 15 is 0 Å². The summed E-state index contributed by atoms with van der Waals surface area (Å²) >= 11 is 0. The minimum atomic E-state index is -4.90. The van der Waals surface area contributed by atoms with Crippen molar-refractivity contribution in [3.05, 3.63) is 65.2 Å². The van der Waals surface area contributed by atoms with Crippen molar-refractivity contribution in [3.63, 3.8) is 0 Å². The highest BCUT2D eigenvalue weighted by Gasteiger charge is 2.36. The van der Waals surface area contributed by atoms with Crippen molar-refractivity contribution in [2.24, 2.45) is 0 Å². The average Bonchev–Trinajstić information content (AvgIpc) is 3.47. The molecular formula is C29H31F3N9O6P. The van der Waals surface area contributed by atoms with Crippen molar-refractivity contribution in [3.8, 4) is 23.1 Å². The van der Waals surface area contributed by atoms with Gasteiger partial charge in [-0.2, -0.15) is 28.5 Å². The van der Waals surface area contributed by atoms with Crippen LogP contribution in [0.3, 0.4) is 0 Å². The first kappa shape index (κ1) is 35.8. The van der Waals surface area contributed by atoms with E-state index < -0.39 is 31.1 Å². The van der Waals surface area contributed by atoms with Crippen molar-refractivity contribution in [1.82, 2.24) is 30.0 Å².